The summed E-state index contributed by atoms with van der Waals surface area (Å²) in [5.74, 6) is 1.39. The van der Waals surface area contributed by atoms with E-state index >= 15 is 0 Å². The van der Waals surface area contributed by atoms with E-state index in [1.54, 1.807) is 18.2 Å². The van der Waals surface area contributed by atoms with Crippen LogP contribution in [0.25, 0.3) is 0 Å². The van der Waals surface area contributed by atoms with Crippen LogP contribution in [0.1, 0.15) is 73.3 Å². The smallest absolute Gasteiger partial charge is 0.257 e. The van der Waals surface area contributed by atoms with Crippen LogP contribution in [0.2, 0.25) is 0 Å². The first-order chi connectivity index (χ1) is 15.3. The third-order valence-corrected chi connectivity index (χ3v) is 7.67. The van der Waals surface area contributed by atoms with Crippen molar-refractivity contribution in [3.05, 3.63) is 34.3 Å². The average Bonchev–Trinajstić information content (AvgIpc) is 3.40. The molecule has 0 bridgehead atoms. The average molecular weight is 456 g/mol. The summed E-state index contributed by atoms with van der Waals surface area (Å²) in [4.78, 5) is 31.5. The van der Waals surface area contributed by atoms with E-state index in [1.165, 1.54) is 17.8 Å². The maximum Gasteiger partial charge on any atom is 0.257 e. The summed E-state index contributed by atoms with van der Waals surface area (Å²) >= 11 is 1.46. The molecule has 2 N–H and O–H groups in total. The number of fused-ring (bicyclic) bond motifs is 2. The number of aryl methyl sites for hydroxylation is 1. The number of carbonyl (C=O) groups excluding carboxylic acids is 2. The zero-order valence-corrected chi connectivity index (χ0v) is 19.5. The third-order valence-electron chi connectivity index (χ3n) is 6.62. The van der Waals surface area contributed by atoms with Crippen molar-refractivity contribution in [2.75, 3.05) is 12.1 Å². The lowest BCUT2D eigenvalue weighted by molar-refractivity contribution is -0.123. The molecule has 3 aliphatic rings. The van der Waals surface area contributed by atoms with Crippen LogP contribution in [0.15, 0.2) is 18.2 Å². The number of rotatable bonds is 4. The van der Waals surface area contributed by atoms with Crippen LogP contribution in [-0.2, 0) is 11.2 Å². The Morgan fingerprint density at radius 3 is 2.81 bits per heavy atom. The quantitative estimate of drug-likeness (QED) is 0.709. The van der Waals surface area contributed by atoms with Gasteiger partial charge in [0.2, 0.25) is 12.7 Å². The van der Waals surface area contributed by atoms with Crippen LogP contribution in [0.5, 0.6) is 11.5 Å². The standard InChI is InChI=1S/C24H29N3O4S/c1-13-8-15(11-24(2,3)10-13)25-22(29)16-5-7-19-20(16)26-23(32-19)27-21(28)14-4-6-17-18(9-14)31-12-30-17/h4,6,9,13,15-16H,5,7-8,10-12H2,1-3H3,(H,25,29)(H,26,27,28)/t13-,15-,16+/m1/s1. The lowest BCUT2D eigenvalue weighted by Crippen LogP contribution is -2.44. The molecule has 7 nitrogen and oxygen atoms in total. The second kappa shape index (κ2) is 8.06. The van der Waals surface area contributed by atoms with Crippen molar-refractivity contribution in [2.24, 2.45) is 11.3 Å². The Hall–Kier alpha value is -2.61. The number of aromatic nitrogens is 1. The fraction of sp³-hybridized carbons (Fsp3) is 0.542. The number of nitrogens with zero attached hydrogens (tertiary/aromatic N) is 1. The first kappa shape index (κ1) is 21.2. The topological polar surface area (TPSA) is 89.6 Å². The van der Waals surface area contributed by atoms with Gasteiger partial charge in [-0.05, 0) is 61.6 Å². The van der Waals surface area contributed by atoms with E-state index in [9.17, 15) is 9.59 Å². The van der Waals surface area contributed by atoms with Crippen molar-refractivity contribution in [3.63, 3.8) is 0 Å². The minimum absolute atomic E-state index is 0.0672. The Morgan fingerprint density at radius 1 is 1.19 bits per heavy atom. The molecule has 1 aromatic carbocycles. The summed E-state index contributed by atoms with van der Waals surface area (Å²) in [5.41, 5.74) is 1.55. The number of carbonyl (C=O) groups is 2. The van der Waals surface area contributed by atoms with Crippen LogP contribution in [0, 0.1) is 11.3 Å². The summed E-state index contributed by atoms with van der Waals surface area (Å²) in [5, 5.41) is 6.71. The second-order valence-electron chi connectivity index (χ2n) is 10.1. The number of nitrogens with one attached hydrogen (secondary N) is 2. The SMILES string of the molecule is C[C@@H]1C[C@@H](NC(=O)[C@H]2CCc3sc(NC(=O)c4ccc5c(c4)OCO5)nc32)CC(C)(C)C1. The summed E-state index contributed by atoms with van der Waals surface area (Å²) < 4.78 is 10.6. The lowest BCUT2D eigenvalue weighted by atomic mass is 9.70. The van der Waals surface area contributed by atoms with Crippen molar-refractivity contribution in [1.29, 1.82) is 0 Å². The van der Waals surface area contributed by atoms with Gasteiger partial charge in [-0.3, -0.25) is 14.9 Å². The van der Waals surface area contributed by atoms with Gasteiger partial charge in [0.15, 0.2) is 16.6 Å². The minimum atomic E-state index is -0.254. The van der Waals surface area contributed by atoms with Gasteiger partial charge in [0.25, 0.3) is 5.91 Å². The van der Waals surface area contributed by atoms with Crippen LogP contribution in [-0.4, -0.2) is 29.6 Å². The highest BCUT2D eigenvalue weighted by Crippen LogP contribution is 2.41. The maximum atomic E-state index is 13.1. The molecule has 3 atom stereocenters. The Labute approximate surface area is 191 Å². The van der Waals surface area contributed by atoms with E-state index in [-0.39, 0.29) is 36.0 Å². The highest BCUT2D eigenvalue weighted by Gasteiger charge is 2.37. The molecular formula is C24H29N3O4S. The molecular weight excluding hydrogens is 426 g/mol. The highest BCUT2D eigenvalue weighted by atomic mass is 32.1. The number of hydrogen-bond donors (Lipinski definition) is 2. The Bertz CT molecular complexity index is 1060. The number of anilines is 1. The van der Waals surface area contributed by atoms with Gasteiger partial charge in [0.1, 0.15) is 0 Å². The monoisotopic (exact) mass is 455 g/mol. The third kappa shape index (κ3) is 4.20. The summed E-state index contributed by atoms with van der Waals surface area (Å²) in [6.45, 7) is 7.00. The molecule has 8 heteroatoms. The molecule has 170 valence electrons. The van der Waals surface area contributed by atoms with E-state index in [0.29, 0.717) is 28.1 Å². The molecule has 1 saturated carbocycles. The fourth-order valence-corrected chi connectivity index (χ4v) is 6.53. The second-order valence-corrected chi connectivity index (χ2v) is 11.1. The number of hydrogen-bond acceptors (Lipinski definition) is 6. The maximum absolute atomic E-state index is 13.1. The van der Waals surface area contributed by atoms with Gasteiger partial charge in [0, 0.05) is 16.5 Å². The number of ether oxygens (including phenoxy) is 2. The number of thiazole rings is 1. The highest BCUT2D eigenvalue weighted by molar-refractivity contribution is 7.16. The molecule has 2 heterocycles. The van der Waals surface area contributed by atoms with Crippen LogP contribution in [0.3, 0.4) is 0 Å². The largest absolute Gasteiger partial charge is 0.454 e. The van der Waals surface area contributed by atoms with Crippen molar-refractivity contribution in [1.82, 2.24) is 10.3 Å². The minimum Gasteiger partial charge on any atom is -0.454 e. The fourth-order valence-electron chi connectivity index (χ4n) is 5.50. The summed E-state index contributed by atoms with van der Waals surface area (Å²) in [6, 6.07) is 5.32. The molecule has 2 amide bonds. The van der Waals surface area contributed by atoms with Gasteiger partial charge < -0.3 is 14.8 Å². The van der Waals surface area contributed by atoms with Crippen molar-refractivity contribution in [3.8, 4) is 11.5 Å². The lowest BCUT2D eigenvalue weighted by Gasteiger charge is -2.39. The number of amides is 2. The van der Waals surface area contributed by atoms with Gasteiger partial charge in [-0.1, -0.05) is 20.8 Å². The molecule has 0 spiro atoms. The molecule has 32 heavy (non-hydrogen) atoms. The van der Waals surface area contributed by atoms with Crippen molar-refractivity contribution < 1.29 is 19.1 Å². The zero-order valence-electron chi connectivity index (χ0n) is 18.7. The molecule has 1 fully saturated rings. The molecule has 2 aliphatic carbocycles. The Balaban J connectivity index is 1.25. The molecule has 1 aliphatic heterocycles. The summed E-state index contributed by atoms with van der Waals surface area (Å²) in [6.07, 6.45) is 4.84. The Kier molecular flexibility index (Phi) is 5.35. The van der Waals surface area contributed by atoms with Gasteiger partial charge in [-0.15, -0.1) is 11.3 Å². The van der Waals surface area contributed by atoms with Crippen molar-refractivity contribution in [2.45, 2.75) is 64.8 Å². The van der Waals surface area contributed by atoms with Gasteiger partial charge in [0.05, 0.1) is 11.6 Å². The van der Waals surface area contributed by atoms with Crippen LogP contribution in [0.4, 0.5) is 5.13 Å². The first-order valence-electron chi connectivity index (χ1n) is 11.3. The molecule has 5 rings (SSSR count). The number of benzene rings is 1. The van der Waals surface area contributed by atoms with Gasteiger partial charge >= 0.3 is 0 Å². The molecule has 1 aromatic heterocycles. The molecule has 0 unspecified atom stereocenters. The van der Waals surface area contributed by atoms with Gasteiger partial charge in [-0.2, -0.15) is 0 Å². The summed E-state index contributed by atoms with van der Waals surface area (Å²) in [7, 11) is 0. The normalized spacial score (nSPS) is 25.3. The first-order valence-corrected chi connectivity index (χ1v) is 12.1. The van der Waals surface area contributed by atoms with E-state index in [2.05, 4.69) is 36.4 Å². The van der Waals surface area contributed by atoms with Crippen LogP contribution < -0.4 is 20.1 Å². The molecule has 0 radical (unpaired) electrons. The Morgan fingerprint density at radius 2 is 2.00 bits per heavy atom. The van der Waals surface area contributed by atoms with E-state index in [0.717, 1.165) is 36.3 Å². The van der Waals surface area contributed by atoms with E-state index in [4.69, 9.17) is 9.47 Å². The van der Waals surface area contributed by atoms with Gasteiger partial charge in [-0.25, -0.2) is 4.98 Å². The van der Waals surface area contributed by atoms with Crippen molar-refractivity contribution >= 4 is 28.3 Å². The van der Waals surface area contributed by atoms with E-state index < -0.39 is 0 Å². The van der Waals surface area contributed by atoms with Crippen LogP contribution >= 0.6 is 11.3 Å². The van der Waals surface area contributed by atoms with E-state index in [1.807, 2.05) is 0 Å². The predicted molar refractivity (Wildman–Crippen MR) is 122 cm³/mol. The zero-order chi connectivity index (χ0) is 22.5. The predicted octanol–water partition coefficient (Wildman–Crippen LogP) is 4.48. The molecule has 2 aromatic rings. The molecule has 0 saturated heterocycles.